The van der Waals surface area contributed by atoms with Gasteiger partial charge in [-0.25, -0.2) is 13.6 Å². The number of carbonyl (C=O) groups is 3. The number of nitrogens with zero attached hydrogens (tertiary/aromatic N) is 1. The van der Waals surface area contributed by atoms with Crippen LogP contribution < -0.4 is 9.64 Å². The number of Topliss-reactive ketones (excluding diaryl/α,β-unsaturated/α-hetero) is 2. The third-order valence-electron chi connectivity index (χ3n) is 8.71. The lowest BCUT2D eigenvalue weighted by Gasteiger charge is -2.36. The van der Waals surface area contributed by atoms with E-state index in [1.165, 1.54) is 40.9 Å². The zero-order valence-corrected chi connectivity index (χ0v) is 27.8. The van der Waals surface area contributed by atoms with Crippen LogP contribution in [0.4, 0.5) is 14.5 Å². The number of aromatic carboxylic acids is 1. The summed E-state index contributed by atoms with van der Waals surface area (Å²) in [4.78, 5) is 42.1. The fraction of sp³-hybridized carbons (Fsp3) is 0.270. The fourth-order valence-corrected chi connectivity index (χ4v) is 8.66. The minimum Gasteiger partial charge on any atom is -0.496 e. The molecule has 0 bridgehead atoms. The molecule has 0 unspecified atom stereocenters. The van der Waals surface area contributed by atoms with Crippen molar-refractivity contribution in [3.63, 3.8) is 0 Å². The number of carbonyl (C=O) groups excluding carboxylic acids is 2. The van der Waals surface area contributed by atoms with Crippen molar-refractivity contribution in [2.24, 2.45) is 0 Å². The van der Waals surface area contributed by atoms with Gasteiger partial charge >= 0.3 is 5.97 Å². The first-order valence-corrected chi connectivity index (χ1v) is 17.1. The molecule has 0 radical (unpaired) electrons. The van der Waals surface area contributed by atoms with Crippen LogP contribution in [-0.4, -0.2) is 48.5 Å². The standard InChI is InChI=1S/C37H33F2NO5S2/c1-4-6-14-40(23-11-9-22(38)10-12-23)29-19-30(45-3)27-18-31(47-36(27)32(29)39)35-20(7-5-2)15-24(46-35)17-28-33(41)25-13-8-21(37(43)44)16-26(25)34(28)42/h4-8,13,15-19,22-23H,9-12,14H2,1-3H3,(H,43,44)/b6-4-,7-5+,28-17+. The first kappa shape index (κ1) is 32.5. The van der Waals surface area contributed by atoms with Crippen molar-refractivity contribution >= 4 is 68.1 Å². The second-order valence-corrected chi connectivity index (χ2v) is 13.7. The van der Waals surface area contributed by atoms with Crippen LogP contribution in [0.25, 0.3) is 32.0 Å². The smallest absolute Gasteiger partial charge is 0.335 e. The SMILES string of the molecule is C/C=C\CN(c1cc(OC)c2cc(-c3sc(/C=C4\C(=O)c5ccc(C(=O)O)cc5C4=O)cc3/C=C/C)sc2c1F)C1CCC(F)CC1. The van der Waals surface area contributed by atoms with Gasteiger partial charge in [-0.05, 0) is 81.5 Å². The molecule has 6 nitrogen and oxygen atoms in total. The lowest BCUT2D eigenvalue weighted by molar-refractivity contribution is 0.0696. The molecule has 0 atom stereocenters. The lowest BCUT2D eigenvalue weighted by atomic mass is 9.92. The van der Waals surface area contributed by atoms with Gasteiger partial charge in [-0.15, -0.1) is 22.7 Å². The van der Waals surface area contributed by atoms with Crippen LogP contribution in [-0.2, 0) is 0 Å². The average Bonchev–Trinajstić information content (AvgIpc) is 3.75. The summed E-state index contributed by atoms with van der Waals surface area (Å²) >= 11 is 2.68. The molecule has 2 heterocycles. The third kappa shape index (κ3) is 6.07. The van der Waals surface area contributed by atoms with Gasteiger partial charge in [-0.2, -0.15) is 0 Å². The summed E-state index contributed by atoms with van der Waals surface area (Å²) in [5.74, 6) is -1.96. The van der Waals surface area contributed by atoms with Gasteiger partial charge in [-0.1, -0.05) is 24.3 Å². The molecule has 2 aromatic heterocycles. The molecule has 47 heavy (non-hydrogen) atoms. The van der Waals surface area contributed by atoms with E-state index in [0.29, 0.717) is 58.6 Å². The minimum atomic E-state index is -1.18. The Morgan fingerprint density at radius 2 is 1.77 bits per heavy atom. The maximum absolute atomic E-state index is 16.5. The van der Waals surface area contributed by atoms with Crippen molar-refractivity contribution in [3.8, 4) is 15.5 Å². The number of thiophene rings is 2. The number of carboxylic acids is 1. The highest BCUT2D eigenvalue weighted by Crippen LogP contribution is 2.47. The average molecular weight is 674 g/mol. The number of rotatable bonds is 9. The topological polar surface area (TPSA) is 83.9 Å². The molecule has 4 aromatic rings. The molecule has 2 aliphatic rings. The Balaban J connectivity index is 1.41. The summed E-state index contributed by atoms with van der Waals surface area (Å²) in [7, 11) is 1.56. The van der Waals surface area contributed by atoms with Crippen molar-refractivity contribution < 1.29 is 33.0 Å². The second kappa shape index (κ2) is 13.4. The zero-order valence-electron chi connectivity index (χ0n) is 26.1. The van der Waals surface area contributed by atoms with Gasteiger partial charge in [0.05, 0.1) is 33.5 Å². The Kier molecular flexibility index (Phi) is 9.25. The molecule has 1 saturated carbocycles. The van der Waals surface area contributed by atoms with Crippen LogP contribution in [0, 0.1) is 5.82 Å². The number of anilines is 1. The van der Waals surface area contributed by atoms with Crippen LogP contribution in [0.5, 0.6) is 5.75 Å². The van der Waals surface area contributed by atoms with Crippen LogP contribution >= 0.6 is 22.7 Å². The molecule has 0 aliphatic heterocycles. The largest absolute Gasteiger partial charge is 0.496 e. The predicted molar refractivity (Wildman–Crippen MR) is 186 cm³/mol. The lowest BCUT2D eigenvalue weighted by Crippen LogP contribution is -2.39. The fourth-order valence-electron chi connectivity index (χ4n) is 6.34. The van der Waals surface area contributed by atoms with E-state index in [-0.39, 0.29) is 34.1 Å². The second-order valence-electron chi connectivity index (χ2n) is 11.6. The highest BCUT2D eigenvalue weighted by atomic mass is 32.1. The Morgan fingerprint density at radius 3 is 2.45 bits per heavy atom. The van der Waals surface area contributed by atoms with E-state index in [0.717, 1.165) is 15.3 Å². The summed E-state index contributed by atoms with van der Waals surface area (Å²) in [6.07, 6.45) is 10.6. The molecule has 2 aliphatic carbocycles. The summed E-state index contributed by atoms with van der Waals surface area (Å²) in [5, 5.41) is 9.98. The highest BCUT2D eigenvalue weighted by Gasteiger charge is 2.34. The number of allylic oxidation sites excluding steroid dienone is 3. The molecule has 6 rings (SSSR count). The van der Waals surface area contributed by atoms with E-state index in [1.54, 1.807) is 19.3 Å². The molecule has 2 aromatic carbocycles. The zero-order chi connectivity index (χ0) is 33.4. The first-order chi connectivity index (χ1) is 22.6. The Morgan fingerprint density at radius 1 is 1.02 bits per heavy atom. The normalized spacial score (nSPS) is 19.0. The number of ketones is 2. The summed E-state index contributed by atoms with van der Waals surface area (Å²) in [5.41, 5.74) is 1.44. The molecule has 0 amide bonds. The van der Waals surface area contributed by atoms with E-state index in [2.05, 4.69) is 0 Å². The number of carboxylic acid groups (broad SMARTS) is 1. The number of hydrogen-bond acceptors (Lipinski definition) is 7. The van der Waals surface area contributed by atoms with Crippen LogP contribution in [0.15, 0.2) is 60.2 Å². The van der Waals surface area contributed by atoms with Gasteiger partial charge in [0.1, 0.15) is 11.9 Å². The van der Waals surface area contributed by atoms with Gasteiger partial charge < -0.3 is 14.7 Å². The van der Waals surface area contributed by atoms with E-state index >= 15 is 4.39 Å². The van der Waals surface area contributed by atoms with E-state index < -0.39 is 23.7 Å². The van der Waals surface area contributed by atoms with Crippen molar-refractivity contribution in [1.82, 2.24) is 0 Å². The number of hydrogen-bond donors (Lipinski definition) is 1. The number of ether oxygens (including phenoxy) is 1. The predicted octanol–water partition coefficient (Wildman–Crippen LogP) is 9.63. The maximum atomic E-state index is 16.5. The molecule has 10 heteroatoms. The Bertz CT molecular complexity index is 1990. The van der Waals surface area contributed by atoms with Gasteiger partial charge in [0.25, 0.3) is 0 Å². The molecular formula is C37H33F2NO5S2. The number of alkyl halides is 1. The summed E-state index contributed by atoms with van der Waals surface area (Å²) in [6.45, 7) is 4.30. The van der Waals surface area contributed by atoms with Gasteiger partial charge in [-0.3, -0.25) is 9.59 Å². The van der Waals surface area contributed by atoms with Crippen LogP contribution in [0.1, 0.15) is 81.0 Å². The van der Waals surface area contributed by atoms with Crippen molar-refractivity contribution in [1.29, 1.82) is 0 Å². The van der Waals surface area contributed by atoms with Gasteiger partial charge in [0.2, 0.25) is 0 Å². The number of fused-ring (bicyclic) bond motifs is 2. The monoisotopic (exact) mass is 673 g/mol. The quantitative estimate of drug-likeness (QED) is 0.108. The molecule has 1 fully saturated rings. The molecule has 242 valence electrons. The Hall–Kier alpha value is -4.41. The van der Waals surface area contributed by atoms with Crippen LogP contribution in [0.3, 0.4) is 0 Å². The van der Waals surface area contributed by atoms with E-state index in [9.17, 15) is 23.9 Å². The third-order valence-corrected chi connectivity index (χ3v) is 11.1. The molecular weight excluding hydrogens is 641 g/mol. The van der Waals surface area contributed by atoms with E-state index in [4.69, 9.17) is 4.74 Å². The molecule has 0 saturated heterocycles. The van der Waals surface area contributed by atoms with Gasteiger partial charge in [0.15, 0.2) is 17.4 Å². The van der Waals surface area contributed by atoms with Crippen LogP contribution in [0.2, 0.25) is 0 Å². The van der Waals surface area contributed by atoms with E-state index in [1.807, 2.05) is 55.2 Å². The number of methoxy groups -OCH3 is 1. The van der Waals surface area contributed by atoms with Gasteiger partial charge in [0, 0.05) is 44.9 Å². The molecule has 0 spiro atoms. The summed E-state index contributed by atoms with van der Waals surface area (Å²) in [6, 6.07) is 9.46. The summed E-state index contributed by atoms with van der Waals surface area (Å²) < 4.78 is 36.8. The molecule has 1 N–H and O–H groups in total. The van der Waals surface area contributed by atoms with Crippen molar-refractivity contribution in [2.45, 2.75) is 51.7 Å². The minimum absolute atomic E-state index is 0.00587. The van der Waals surface area contributed by atoms with Crippen molar-refractivity contribution in [2.75, 3.05) is 18.6 Å². The highest BCUT2D eigenvalue weighted by molar-refractivity contribution is 7.26. The number of benzene rings is 2. The maximum Gasteiger partial charge on any atom is 0.335 e. The van der Waals surface area contributed by atoms with Crippen molar-refractivity contribution in [3.05, 3.63) is 93.1 Å². The first-order valence-electron chi connectivity index (χ1n) is 15.4. The number of halogens is 2. The Labute approximate surface area is 279 Å².